The summed E-state index contributed by atoms with van der Waals surface area (Å²) >= 11 is 0. The van der Waals surface area contributed by atoms with E-state index in [9.17, 15) is 0 Å². The van der Waals surface area contributed by atoms with Gasteiger partial charge >= 0.3 is 0 Å². The molecule has 0 heterocycles. The second-order valence-electron chi connectivity index (χ2n) is 4.94. The standard InChI is InChI=1S/C12H20/c1-9(2)12-7-10-5-3-4-6-11(10)8-12/h3-4,9-12H,5-8H2,1-2H3/t10-,11-/m1/s1. The Hall–Kier alpha value is -0.260. The summed E-state index contributed by atoms with van der Waals surface area (Å²) in [5.41, 5.74) is 0. The highest BCUT2D eigenvalue weighted by Gasteiger charge is 2.34. The van der Waals surface area contributed by atoms with Crippen molar-refractivity contribution in [2.75, 3.05) is 0 Å². The third-order valence-corrected chi connectivity index (χ3v) is 3.86. The molecule has 0 saturated heterocycles. The molecular formula is C12H20. The van der Waals surface area contributed by atoms with Gasteiger partial charge in [0, 0.05) is 0 Å². The summed E-state index contributed by atoms with van der Waals surface area (Å²) in [6.07, 6.45) is 10.5. The topological polar surface area (TPSA) is 0 Å². The first-order chi connectivity index (χ1) is 5.77. The molecule has 0 aromatic rings. The SMILES string of the molecule is CC(C)C1C[C@H]2CC=CC[C@@H]2C1. The van der Waals surface area contributed by atoms with Gasteiger partial charge in [-0.2, -0.15) is 0 Å². The van der Waals surface area contributed by atoms with Crippen molar-refractivity contribution < 1.29 is 0 Å². The quantitative estimate of drug-likeness (QED) is 0.519. The Morgan fingerprint density at radius 1 is 1.00 bits per heavy atom. The fourth-order valence-electron chi connectivity index (χ4n) is 2.92. The van der Waals surface area contributed by atoms with E-state index in [0.29, 0.717) is 0 Å². The van der Waals surface area contributed by atoms with Gasteiger partial charge in [0.1, 0.15) is 0 Å². The normalized spacial score (nSPS) is 35.9. The zero-order valence-corrected chi connectivity index (χ0v) is 8.29. The first-order valence-corrected chi connectivity index (χ1v) is 5.42. The zero-order chi connectivity index (χ0) is 8.55. The van der Waals surface area contributed by atoms with Crippen molar-refractivity contribution in [3.05, 3.63) is 12.2 Å². The first-order valence-electron chi connectivity index (χ1n) is 5.42. The smallest absolute Gasteiger partial charge is 0.0319 e. The molecule has 2 aliphatic rings. The van der Waals surface area contributed by atoms with Crippen LogP contribution in [-0.4, -0.2) is 0 Å². The number of fused-ring (bicyclic) bond motifs is 1. The average Bonchev–Trinajstić information content (AvgIpc) is 2.46. The van der Waals surface area contributed by atoms with E-state index in [0.717, 1.165) is 23.7 Å². The van der Waals surface area contributed by atoms with Gasteiger partial charge in [-0.25, -0.2) is 0 Å². The first kappa shape index (κ1) is 8.34. The van der Waals surface area contributed by atoms with Crippen molar-refractivity contribution in [1.82, 2.24) is 0 Å². The van der Waals surface area contributed by atoms with Gasteiger partial charge in [0.15, 0.2) is 0 Å². The van der Waals surface area contributed by atoms with Gasteiger partial charge in [-0.05, 0) is 49.4 Å². The lowest BCUT2D eigenvalue weighted by atomic mass is 9.86. The lowest BCUT2D eigenvalue weighted by Gasteiger charge is -2.19. The molecule has 0 aromatic heterocycles. The Labute approximate surface area is 76.1 Å². The van der Waals surface area contributed by atoms with Crippen molar-refractivity contribution in [2.24, 2.45) is 23.7 Å². The van der Waals surface area contributed by atoms with E-state index in [1.54, 1.807) is 0 Å². The fraction of sp³-hybridized carbons (Fsp3) is 0.833. The van der Waals surface area contributed by atoms with Crippen molar-refractivity contribution in [1.29, 1.82) is 0 Å². The summed E-state index contributed by atoms with van der Waals surface area (Å²) in [5, 5.41) is 0. The predicted octanol–water partition coefficient (Wildman–Crippen LogP) is 3.63. The van der Waals surface area contributed by atoms with Crippen LogP contribution in [0.1, 0.15) is 39.5 Å². The highest BCUT2D eigenvalue weighted by atomic mass is 14.4. The van der Waals surface area contributed by atoms with Crippen molar-refractivity contribution in [2.45, 2.75) is 39.5 Å². The van der Waals surface area contributed by atoms with Crippen LogP contribution in [0.2, 0.25) is 0 Å². The maximum atomic E-state index is 2.39. The molecule has 12 heavy (non-hydrogen) atoms. The fourth-order valence-corrected chi connectivity index (χ4v) is 2.92. The van der Waals surface area contributed by atoms with E-state index in [4.69, 9.17) is 0 Å². The Balaban J connectivity index is 1.98. The molecule has 0 N–H and O–H groups in total. The molecule has 0 amide bonds. The van der Waals surface area contributed by atoms with Crippen LogP contribution in [-0.2, 0) is 0 Å². The molecule has 2 aliphatic carbocycles. The lowest BCUT2D eigenvalue weighted by molar-refractivity contribution is 0.379. The number of hydrogen-bond donors (Lipinski definition) is 0. The van der Waals surface area contributed by atoms with Crippen molar-refractivity contribution >= 4 is 0 Å². The van der Waals surface area contributed by atoms with Crippen LogP contribution in [0.5, 0.6) is 0 Å². The predicted molar refractivity (Wildman–Crippen MR) is 52.9 cm³/mol. The Kier molecular flexibility index (Phi) is 2.25. The maximum Gasteiger partial charge on any atom is -0.0319 e. The molecule has 68 valence electrons. The molecule has 1 fully saturated rings. The van der Waals surface area contributed by atoms with Gasteiger partial charge < -0.3 is 0 Å². The molecule has 0 aromatic carbocycles. The Bertz CT molecular complexity index is 162. The largest absolute Gasteiger partial charge is 0.0882 e. The minimum absolute atomic E-state index is 0.913. The van der Waals surface area contributed by atoms with E-state index in [-0.39, 0.29) is 0 Å². The molecule has 0 heteroatoms. The monoisotopic (exact) mass is 164 g/mol. The van der Waals surface area contributed by atoms with Gasteiger partial charge in [-0.1, -0.05) is 26.0 Å². The van der Waals surface area contributed by atoms with E-state index >= 15 is 0 Å². The van der Waals surface area contributed by atoms with Crippen LogP contribution in [0, 0.1) is 23.7 Å². The third kappa shape index (κ3) is 1.44. The number of allylic oxidation sites excluding steroid dienone is 2. The summed E-state index contributed by atoms with van der Waals surface area (Å²) in [6.45, 7) is 4.77. The van der Waals surface area contributed by atoms with Crippen LogP contribution in [0.3, 0.4) is 0 Å². The summed E-state index contributed by atoms with van der Waals surface area (Å²) in [4.78, 5) is 0. The van der Waals surface area contributed by atoms with E-state index in [1.807, 2.05) is 0 Å². The molecule has 0 spiro atoms. The maximum absolute atomic E-state index is 2.39. The van der Waals surface area contributed by atoms with Crippen LogP contribution in [0.25, 0.3) is 0 Å². The molecular weight excluding hydrogens is 144 g/mol. The average molecular weight is 164 g/mol. The molecule has 2 atom stereocenters. The highest BCUT2D eigenvalue weighted by molar-refractivity contribution is 4.99. The minimum Gasteiger partial charge on any atom is -0.0882 e. The summed E-state index contributed by atoms with van der Waals surface area (Å²) in [6, 6.07) is 0. The lowest BCUT2D eigenvalue weighted by Crippen LogP contribution is -2.08. The molecule has 0 unspecified atom stereocenters. The van der Waals surface area contributed by atoms with Gasteiger partial charge in [0.05, 0.1) is 0 Å². The number of hydrogen-bond acceptors (Lipinski definition) is 0. The molecule has 1 saturated carbocycles. The van der Waals surface area contributed by atoms with Gasteiger partial charge in [0.25, 0.3) is 0 Å². The van der Waals surface area contributed by atoms with Gasteiger partial charge in [-0.15, -0.1) is 0 Å². The van der Waals surface area contributed by atoms with Crippen molar-refractivity contribution in [3.8, 4) is 0 Å². The zero-order valence-electron chi connectivity index (χ0n) is 8.29. The van der Waals surface area contributed by atoms with Crippen LogP contribution >= 0.6 is 0 Å². The molecule has 2 rings (SSSR count). The van der Waals surface area contributed by atoms with Crippen LogP contribution in [0.15, 0.2) is 12.2 Å². The molecule has 0 nitrogen and oxygen atoms in total. The van der Waals surface area contributed by atoms with Crippen LogP contribution < -0.4 is 0 Å². The highest BCUT2D eigenvalue weighted by Crippen LogP contribution is 2.45. The molecule has 0 aliphatic heterocycles. The Morgan fingerprint density at radius 3 is 1.92 bits per heavy atom. The van der Waals surface area contributed by atoms with E-state index in [2.05, 4.69) is 26.0 Å². The van der Waals surface area contributed by atoms with Gasteiger partial charge in [0.2, 0.25) is 0 Å². The van der Waals surface area contributed by atoms with Crippen LogP contribution in [0.4, 0.5) is 0 Å². The van der Waals surface area contributed by atoms with E-state index in [1.165, 1.54) is 25.7 Å². The Morgan fingerprint density at radius 2 is 1.50 bits per heavy atom. The molecule has 0 bridgehead atoms. The summed E-state index contributed by atoms with van der Waals surface area (Å²) in [7, 11) is 0. The van der Waals surface area contributed by atoms with Crippen molar-refractivity contribution in [3.63, 3.8) is 0 Å². The number of rotatable bonds is 1. The summed E-state index contributed by atoms with van der Waals surface area (Å²) in [5.74, 6) is 4.03. The second-order valence-corrected chi connectivity index (χ2v) is 4.94. The second kappa shape index (κ2) is 3.24. The third-order valence-electron chi connectivity index (χ3n) is 3.86. The summed E-state index contributed by atoms with van der Waals surface area (Å²) < 4.78 is 0. The molecule has 0 radical (unpaired) electrons. The van der Waals surface area contributed by atoms with Gasteiger partial charge in [-0.3, -0.25) is 0 Å². The van der Waals surface area contributed by atoms with E-state index < -0.39 is 0 Å². The minimum atomic E-state index is 0.913.